The summed E-state index contributed by atoms with van der Waals surface area (Å²) in [7, 11) is 0. The summed E-state index contributed by atoms with van der Waals surface area (Å²) >= 11 is 13.3. The van der Waals surface area contributed by atoms with Crippen molar-refractivity contribution in [2.45, 2.75) is 74.7 Å². The predicted molar refractivity (Wildman–Crippen MR) is 200 cm³/mol. The molecule has 1 atom stereocenters. The molecule has 5 aromatic rings. The van der Waals surface area contributed by atoms with Gasteiger partial charge in [0, 0.05) is 0 Å². The average molecular weight is 796 g/mol. The molecule has 0 spiro atoms. The van der Waals surface area contributed by atoms with E-state index in [1.54, 1.807) is 0 Å². The summed E-state index contributed by atoms with van der Waals surface area (Å²) in [5, 5.41) is 7.05. The number of halogens is 4. The second-order valence-corrected chi connectivity index (χ2v) is 15.6. The molecule has 0 saturated heterocycles. The van der Waals surface area contributed by atoms with Gasteiger partial charge in [0.05, 0.1) is 0 Å². The van der Waals surface area contributed by atoms with Gasteiger partial charge in [-0.2, -0.15) is 11.6 Å². The van der Waals surface area contributed by atoms with Gasteiger partial charge >= 0.3 is 120 Å². The normalized spacial score (nSPS) is 13.5. The summed E-state index contributed by atoms with van der Waals surface area (Å²) in [4.78, 5) is 0. The van der Waals surface area contributed by atoms with Gasteiger partial charge in [0.1, 0.15) is 0 Å². The SMILES string of the molecule is CCCCC1[C-]=CC(C(C)(C)C)=C1.Cc1cc2[cH-]c3cc(C)c(C)cc3c2cc1C.Clc1cccc([C](=[Zr+2])c2cccc(Cl)c2)c1.[Cl-].[Cl-]. The number of allylic oxidation sites excluding steroid dienone is 4. The first kappa shape index (κ1) is 42.3. The number of aryl methyl sites for hydroxylation is 4. The van der Waals surface area contributed by atoms with Crippen LogP contribution in [-0.4, -0.2) is 3.21 Å². The molecule has 6 rings (SSSR count). The van der Waals surface area contributed by atoms with Gasteiger partial charge in [0.25, 0.3) is 0 Å². The summed E-state index contributed by atoms with van der Waals surface area (Å²) in [6.45, 7) is 17.8. The minimum atomic E-state index is 0. The largest absolute Gasteiger partial charge is 1.00 e. The molecule has 0 aliphatic heterocycles. The maximum atomic E-state index is 5.98. The van der Waals surface area contributed by atoms with E-state index in [1.165, 1.54) is 96.1 Å². The average Bonchev–Trinajstić information content (AvgIpc) is 3.62. The molecular weight excluding hydrogens is 750 g/mol. The molecule has 0 aromatic heterocycles. The van der Waals surface area contributed by atoms with Gasteiger partial charge in [0.2, 0.25) is 0 Å². The van der Waals surface area contributed by atoms with E-state index in [9.17, 15) is 0 Å². The Balaban J connectivity index is 0.000000248. The number of fused-ring (bicyclic) bond motifs is 3. The monoisotopic (exact) mass is 792 g/mol. The van der Waals surface area contributed by atoms with Crippen LogP contribution in [0.3, 0.4) is 0 Å². The van der Waals surface area contributed by atoms with Gasteiger partial charge in [-0.15, -0.1) is 39.7 Å². The summed E-state index contributed by atoms with van der Waals surface area (Å²) < 4.78 is 1.26. The summed E-state index contributed by atoms with van der Waals surface area (Å²) in [5.74, 6) is 0.592. The van der Waals surface area contributed by atoms with Crippen molar-refractivity contribution in [3.8, 4) is 0 Å². The summed E-state index contributed by atoms with van der Waals surface area (Å²) in [6, 6.07) is 27.3. The molecule has 252 valence electrons. The first-order valence-corrected chi connectivity index (χ1v) is 18.2. The zero-order valence-electron chi connectivity index (χ0n) is 29.4. The van der Waals surface area contributed by atoms with Crippen LogP contribution in [0.4, 0.5) is 0 Å². The van der Waals surface area contributed by atoms with E-state index >= 15 is 0 Å². The molecular formula is C43H46Cl4Zr-2. The third-order valence-corrected chi connectivity index (χ3v) is 10.6. The van der Waals surface area contributed by atoms with Crippen LogP contribution in [0.5, 0.6) is 0 Å². The molecule has 0 amide bonds. The van der Waals surface area contributed by atoms with Crippen molar-refractivity contribution in [2.24, 2.45) is 11.3 Å². The van der Waals surface area contributed by atoms with Gasteiger partial charge in [0.15, 0.2) is 0 Å². The van der Waals surface area contributed by atoms with Crippen LogP contribution in [-0.2, 0) is 24.2 Å². The van der Waals surface area contributed by atoms with Gasteiger partial charge in [-0.3, -0.25) is 6.08 Å². The van der Waals surface area contributed by atoms with Crippen molar-refractivity contribution >= 4 is 48.0 Å². The van der Waals surface area contributed by atoms with Gasteiger partial charge in [-0.1, -0.05) is 92.7 Å². The van der Waals surface area contributed by atoms with E-state index in [-0.39, 0.29) is 24.8 Å². The molecule has 0 nitrogen and oxygen atoms in total. The third-order valence-electron chi connectivity index (χ3n) is 8.73. The third kappa shape index (κ3) is 11.3. The van der Waals surface area contributed by atoms with Crippen molar-refractivity contribution < 1.29 is 49.0 Å². The predicted octanol–water partition coefficient (Wildman–Crippen LogP) is 7.20. The zero-order chi connectivity index (χ0) is 33.6. The Morgan fingerprint density at radius 2 is 1.21 bits per heavy atom. The van der Waals surface area contributed by atoms with Crippen molar-refractivity contribution in [3.05, 3.63) is 146 Å². The van der Waals surface area contributed by atoms with E-state index in [2.05, 4.69) is 116 Å². The standard InChI is InChI=1S/C17H17.C13H8Cl2.C13H21.2ClH.Zr/c1-10-5-14-9-15-6-11(2)13(4)8-17(15)16(14)7-12(10)3;14-12-5-1-3-10(8-12)7-11-4-2-6-13(15)9-11;1-5-6-7-11-8-9-12(10-11)13(2,3)4;;;/h5-9H,1-4H3;1-6,8-9H;9-11H,5-7H2,1-4H3;2*1H;/q-1;;-1;;;+2/p-2. The van der Waals surface area contributed by atoms with Crippen molar-refractivity contribution in [1.82, 2.24) is 0 Å². The quantitative estimate of drug-likeness (QED) is 0.165. The van der Waals surface area contributed by atoms with Crippen LogP contribution >= 0.6 is 23.2 Å². The summed E-state index contributed by atoms with van der Waals surface area (Å²) in [6.07, 6.45) is 11.9. The fraction of sp³-hybridized carbons (Fsp3) is 0.302. The van der Waals surface area contributed by atoms with Crippen LogP contribution in [0, 0.1) is 45.1 Å². The van der Waals surface area contributed by atoms with Crippen LogP contribution in [0.25, 0.3) is 21.5 Å². The Kier molecular flexibility index (Phi) is 16.7. The van der Waals surface area contributed by atoms with Gasteiger partial charge < -0.3 is 24.8 Å². The van der Waals surface area contributed by atoms with Crippen molar-refractivity contribution in [1.29, 1.82) is 0 Å². The van der Waals surface area contributed by atoms with Crippen molar-refractivity contribution in [2.75, 3.05) is 0 Å². The Hall–Kier alpha value is -1.86. The topological polar surface area (TPSA) is 0 Å². The molecule has 0 N–H and O–H groups in total. The molecule has 0 radical (unpaired) electrons. The molecule has 0 bridgehead atoms. The van der Waals surface area contributed by atoms with E-state index in [1.807, 2.05) is 36.4 Å². The number of rotatable bonds is 5. The minimum absolute atomic E-state index is 0. The Bertz CT molecular complexity index is 1790. The number of hydrogen-bond donors (Lipinski definition) is 0. The van der Waals surface area contributed by atoms with E-state index in [4.69, 9.17) is 23.2 Å². The van der Waals surface area contributed by atoms with Gasteiger partial charge in [-0.05, 0) is 27.7 Å². The molecule has 5 aromatic carbocycles. The first-order chi connectivity index (χ1) is 21.8. The Labute approximate surface area is 326 Å². The van der Waals surface area contributed by atoms with Crippen LogP contribution in [0.2, 0.25) is 10.0 Å². The van der Waals surface area contributed by atoms with Gasteiger partial charge in [-0.25, -0.2) is 6.08 Å². The molecule has 0 saturated carbocycles. The van der Waals surface area contributed by atoms with E-state index in [0.29, 0.717) is 11.3 Å². The number of hydrogen-bond acceptors (Lipinski definition) is 0. The number of unbranched alkanes of at least 4 members (excludes halogenated alkanes) is 1. The molecule has 0 fully saturated rings. The molecule has 1 unspecified atom stereocenters. The first-order valence-electron chi connectivity index (χ1n) is 16.3. The molecule has 5 heteroatoms. The van der Waals surface area contributed by atoms with E-state index < -0.39 is 0 Å². The smallest absolute Gasteiger partial charge is 1.00 e. The maximum Gasteiger partial charge on any atom is -1.00 e. The second kappa shape index (κ2) is 18.9. The molecule has 1 aliphatic rings. The van der Waals surface area contributed by atoms with Crippen molar-refractivity contribution in [3.63, 3.8) is 0 Å². The van der Waals surface area contributed by atoms with E-state index in [0.717, 1.165) is 21.2 Å². The fourth-order valence-electron chi connectivity index (χ4n) is 5.57. The molecule has 1 aliphatic carbocycles. The fourth-order valence-corrected chi connectivity index (χ4v) is 6.72. The van der Waals surface area contributed by atoms with Crippen LogP contribution in [0.1, 0.15) is 80.3 Å². The van der Waals surface area contributed by atoms with Crippen LogP contribution in [0.15, 0.2) is 96.6 Å². The second-order valence-electron chi connectivity index (χ2n) is 13.5. The maximum absolute atomic E-state index is 5.98. The summed E-state index contributed by atoms with van der Waals surface area (Å²) in [5.41, 5.74) is 9.58. The molecule has 48 heavy (non-hydrogen) atoms. The Morgan fingerprint density at radius 1 is 0.750 bits per heavy atom. The zero-order valence-corrected chi connectivity index (χ0v) is 34.9. The van der Waals surface area contributed by atoms with Crippen LogP contribution < -0.4 is 24.8 Å². The molecule has 0 heterocycles. The number of benzene rings is 4. The Morgan fingerprint density at radius 3 is 1.60 bits per heavy atom. The minimum Gasteiger partial charge on any atom is -1.00 e.